The molecule has 0 spiro atoms. The Bertz CT molecular complexity index is 1260. The molecule has 3 aromatic carbocycles. The molecule has 4 rings (SSSR count). The molecule has 8 heteroatoms. The van der Waals surface area contributed by atoms with Crippen molar-refractivity contribution in [1.29, 1.82) is 0 Å². The summed E-state index contributed by atoms with van der Waals surface area (Å²) in [7, 11) is -2.32. The van der Waals surface area contributed by atoms with Gasteiger partial charge >= 0.3 is 0 Å². The third kappa shape index (κ3) is 4.52. The summed E-state index contributed by atoms with van der Waals surface area (Å²) in [5.74, 6) is 0.601. The summed E-state index contributed by atoms with van der Waals surface area (Å²) in [6.45, 7) is 3.58. The Hall–Kier alpha value is -3.52. The number of anilines is 1. The van der Waals surface area contributed by atoms with Crippen LogP contribution in [0.15, 0.2) is 77.7 Å². The monoisotopic (exact) mass is 466 g/mol. The van der Waals surface area contributed by atoms with E-state index >= 15 is 0 Å². The largest absolute Gasteiger partial charge is 0.496 e. The van der Waals surface area contributed by atoms with Crippen LogP contribution >= 0.6 is 0 Å². The number of amides is 1. The number of sulfonamides is 1. The fourth-order valence-electron chi connectivity index (χ4n) is 3.85. The van der Waals surface area contributed by atoms with E-state index < -0.39 is 22.0 Å². The third-order valence-corrected chi connectivity index (χ3v) is 7.37. The molecule has 0 unspecified atom stereocenters. The molecule has 172 valence electrons. The third-order valence-electron chi connectivity index (χ3n) is 5.57. The van der Waals surface area contributed by atoms with Gasteiger partial charge in [0.15, 0.2) is 6.10 Å². The number of nitrogens with one attached hydrogen (secondary N) is 1. The highest BCUT2D eigenvalue weighted by molar-refractivity contribution is 7.92. The number of nitrogens with zero attached hydrogens (tertiary/aromatic N) is 1. The van der Waals surface area contributed by atoms with Gasteiger partial charge in [0.25, 0.3) is 15.9 Å². The molecular formula is C25H26N2O5S. The lowest BCUT2D eigenvalue weighted by atomic mass is 10.1. The molecule has 0 aromatic heterocycles. The first kappa shape index (κ1) is 22.7. The number of fused-ring (bicyclic) bond motifs is 1. The Labute approximate surface area is 194 Å². The lowest BCUT2D eigenvalue weighted by molar-refractivity contribution is -0.128. The van der Waals surface area contributed by atoms with Crippen LogP contribution in [0.5, 0.6) is 11.5 Å². The van der Waals surface area contributed by atoms with Crippen LogP contribution in [0.1, 0.15) is 24.1 Å². The van der Waals surface area contributed by atoms with E-state index in [1.54, 1.807) is 37.4 Å². The lowest BCUT2D eigenvalue weighted by Crippen LogP contribution is -2.51. The molecular weight excluding hydrogens is 440 g/mol. The van der Waals surface area contributed by atoms with Gasteiger partial charge in [-0.2, -0.15) is 0 Å². The molecule has 33 heavy (non-hydrogen) atoms. The van der Waals surface area contributed by atoms with Gasteiger partial charge in [-0.3, -0.25) is 9.10 Å². The molecule has 0 aliphatic carbocycles. The maximum Gasteiger partial charge on any atom is 0.264 e. The zero-order valence-corrected chi connectivity index (χ0v) is 19.5. The fraction of sp³-hybridized carbons (Fsp3) is 0.240. The van der Waals surface area contributed by atoms with E-state index in [2.05, 4.69) is 5.32 Å². The van der Waals surface area contributed by atoms with Crippen molar-refractivity contribution in [3.8, 4) is 11.5 Å². The second-order valence-corrected chi connectivity index (χ2v) is 9.76. The van der Waals surface area contributed by atoms with Gasteiger partial charge < -0.3 is 14.8 Å². The molecule has 1 heterocycles. The summed E-state index contributed by atoms with van der Waals surface area (Å²) in [6.07, 6.45) is -1.02. The van der Waals surface area contributed by atoms with Crippen LogP contribution in [0.4, 0.5) is 5.69 Å². The summed E-state index contributed by atoms with van der Waals surface area (Å²) < 4.78 is 39.5. The first-order valence-corrected chi connectivity index (χ1v) is 12.0. The van der Waals surface area contributed by atoms with Gasteiger partial charge in [0, 0.05) is 5.56 Å². The van der Waals surface area contributed by atoms with Crippen LogP contribution in [-0.4, -0.2) is 34.1 Å². The average molecular weight is 467 g/mol. The molecule has 0 saturated carbocycles. The Kier molecular flexibility index (Phi) is 6.29. The normalized spacial score (nSPS) is 16.3. The highest BCUT2D eigenvalue weighted by Gasteiger charge is 2.38. The fourth-order valence-corrected chi connectivity index (χ4v) is 5.35. The summed E-state index contributed by atoms with van der Waals surface area (Å²) in [5, 5.41) is 2.93. The summed E-state index contributed by atoms with van der Waals surface area (Å²) >= 11 is 0. The number of aryl methyl sites for hydroxylation is 1. The molecule has 1 aliphatic rings. The predicted octanol–water partition coefficient (Wildman–Crippen LogP) is 3.84. The molecule has 2 atom stereocenters. The summed E-state index contributed by atoms with van der Waals surface area (Å²) in [6, 6.07) is 20.5. The van der Waals surface area contributed by atoms with Crippen LogP contribution in [0.3, 0.4) is 0 Å². The number of hydrogen-bond acceptors (Lipinski definition) is 5. The zero-order chi connectivity index (χ0) is 23.6. The minimum atomic E-state index is -3.89. The molecule has 1 N–H and O–H groups in total. The van der Waals surface area contributed by atoms with E-state index in [4.69, 9.17) is 9.47 Å². The standard InChI is InChI=1S/C25H26N2O5S/c1-17-13-14-21-23(15-17)32-24(16-27(21)33(29,30)19-9-5-4-6-10-19)25(28)26-18(2)20-11-7-8-12-22(20)31-3/h4-15,18,24H,16H2,1-3H3,(H,26,28)/t18-,24-/m0/s1. The topological polar surface area (TPSA) is 84.9 Å². The van der Waals surface area contributed by atoms with E-state index in [1.165, 1.54) is 16.4 Å². The van der Waals surface area contributed by atoms with Crippen molar-refractivity contribution in [2.45, 2.75) is 30.9 Å². The molecule has 1 amide bonds. The number of carbonyl (C=O) groups excluding carboxylic acids is 1. The average Bonchev–Trinajstić information content (AvgIpc) is 2.83. The van der Waals surface area contributed by atoms with Crippen molar-refractivity contribution in [2.75, 3.05) is 18.0 Å². The van der Waals surface area contributed by atoms with E-state index in [0.29, 0.717) is 17.2 Å². The van der Waals surface area contributed by atoms with Gasteiger partial charge in [0.1, 0.15) is 11.5 Å². The van der Waals surface area contributed by atoms with Crippen LogP contribution < -0.4 is 19.1 Å². The van der Waals surface area contributed by atoms with Crippen LogP contribution in [0.25, 0.3) is 0 Å². The summed E-state index contributed by atoms with van der Waals surface area (Å²) in [4.78, 5) is 13.3. The first-order chi connectivity index (χ1) is 15.8. The Morgan fingerprint density at radius 1 is 1.09 bits per heavy atom. The van der Waals surface area contributed by atoms with E-state index in [0.717, 1.165) is 11.1 Å². The molecule has 0 radical (unpaired) electrons. The van der Waals surface area contributed by atoms with E-state index in [-0.39, 0.29) is 17.5 Å². The van der Waals surface area contributed by atoms with Crippen molar-refractivity contribution in [2.24, 2.45) is 0 Å². The van der Waals surface area contributed by atoms with Gasteiger partial charge in [0.2, 0.25) is 0 Å². The number of carbonyl (C=O) groups is 1. The maximum atomic E-state index is 13.5. The van der Waals surface area contributed by atoms with Crippen LogP contribution in [0, 0.1) is 6.92 Å². The number of benzene rings is 3. The zero-order valence-electron chi connectivity index (χ0n) is 18.7. The smallest absolute Gasteiger partial charge is 0.264 e. The second-order valence-electron chi connectivity index (χ2n) is 7.90. The number of hydrogen-bond donors (Lipinski definition) is 1. The van der Waals surface area contributed by atoms with Gasteiger partial charge in [-0.1, -0.05) is 42.5 Å². The highest BCUT2D eigenvalue weighted by atomic mass is 32.2. The van der Waals surface area contributed by atoms with Crippen molar-refractivity contribution in [3.63, 3.8) is 0 Å². The number of ether oxygens (including phenoxy) is 2. The van der Waals surface area contributed by atoms with Gasteiger partial charge in [0.05, 0.1) is 30.3 Å². The Balaban J connectivity index is 1.64. The number of para-hydroxylation sites is 1. The quantitative estimate of drug-likeness (QED) is 0.597. The molecule has 0 fully saturated rings. The van der Waals surface area contributed by atoms with Crippen molar-refractivity contribution in [3.05, 3.63) is 83.9 Å². The van der Waals surface area contributed by atoms with Crippen LogP contribution in [-0.2, 0) is 14.8 Å². The second kappa shape index (κ2) is 9.15. The minimum absolute atomic E-state index is 0.141. The number of rotatable bonds is 6. The molecule has 1 aliphatic heterocycles. The lowest BCUT2D eigenvalue weighted by Gasteiger charge is -2.35. The van der Waals surface area contributed by atoms with E-state index in [1.807, 2.05) is 44.2 Å². The van der Waals surface area contributed by atoms with Gasteiger partial charge in [-0.25, -0.2) is 8.42 Å². The Morgan fingerprint density at radius 2 is 1.79 bits per heavy atom. The Morgan fingerprint density at radius 3 is 2.52 bits per heavy atom. The molecule has 0 saturated heterocycles. The van der Waals surface area contributed by atoms with Crippen molar-refractivity contribution < 1.29 is 22.7 Å². The molecule has 7 nitrogen and oxygen atoms in total. The van der Waals surface area contributed by atoms with Crippen molar-refractivity contribution >= 4 is 21.6 Å². The summed E-state index contributed by atoms with van der Waals surface area (Å²) in [5.41, 5.74) is 2.12. The first-order valence-electron chi connectivity index (χ1n) is 10.6. The predicted molar refractivity (Wildman–Crippen MR) is 126 cm³/mol. The van der Waals surface area contributed by atoms with Gasteiger partial charge in [-0.05, 0) is 49.7 Å². The molecule has 3 aromatic rings. The van der Waals surface area contributed by atoms with E-state index in [9.17, 15) is 13.2 Å². The number of methoxy groups -OCH3 is 1. The highest BCUT2D eigenvalue weighted by Crippen LogP contribution is 2.38. The maximum absolute atomic E-state index is 13.5. The van der Waals surface area contributed by atoms with Gasteiger partial charge in [-0.15, -0.1) is 0 Å². The molecule has 0 bridgehead atoms. The van der Waals surface area contributed by atoms with Crippen molar-refractivity contribution in [1.82, 2.24) is 5.32 Å². The minimum Gasteiger partial charge on any atom is -0.496 e. The van der Waals surface area contributed by atoms with Crippen LogP contribution in [0.2, 0.25) is 0 Å². The SMILES string of the molecule is COc1ccccc1[C@H](C)NC(=O)[C@@H]1CN(S(=O)(=O)c2ccccc2)c2ccc(C)cc2O1.